The highest BCUT2D eigenvalue weighted by Crippen LogP contribution is 2.32. The molecule has 0 aliphatic carbocycles. The van der Waals surface area contributed by atoms with Gasteiger partial charge in [0.25, 0.3) is 11.8 Å². The zero-order valence-electron chi connectivity index (χ0n) is 35.3. The summed E-state index contributed by atoms with van der Waals surface area (Å²) in [6.45, 7) is 7.77. The maximum absolute atomic E-state index is 14.5. The third-order valence-corrected chi connectivity index (χ3v) is 11.9. The number of ether oxygens (including phenoxy) is 1. The highest BCUT2D eigenvalue weighted by atomic mass is 16.5. The number of carbonyl (C=O) groups excluding carboxylic acids is 2. The number of pyridine rings is 4. The molecule has 0 radical (unpaired) electrons. The van der Waals surface area contributed by atoms with Gasteiger partial charge in [0.05, 0.1) is 65.5 Å². The number of methoxy groups -OCH3 is 1. The second kappa shape index (κ2) is 17.6. The van der Waals surface area contributed by atoms with Crippen molar-refractivity contribution in [2.75, 3.05) is 84.8 Å². The van der Waals surface area contributed by atoms with E-state index >= 15 is 0 Å². The predicted molar refractivity (Wildman–Crippen MR) is 246 cm³/mol. The number of imidazole rings is 1. The minimum atomic E-state index is -0.415. The fourth-order valence-corrected chi connectivity index (χ4v) is 8.68. The number of amides is 2. The van der Waals surface area contributed by atoms with E-state index in [0.717, 1.165) is 56.4 Å². The molecule has 2 amide bonds. The Balaban J connectivity index is 0.912. The predicted octanol–water partition coefficient (Wildman–Crippen LogP) is 4.27. The van der Waals surface area contributed by atoms with Crippen molar-refractivity contribution < 1.29 is 14.3 Å². The minimum absolute atomic E-state index is 0.142. The van der Waals surface area contributed by atoms with Crippen molar-refractivity contribution in [3.8, 4) is 11.6 Å². The lowest BCUT2D eigenvalue weighted by Crippen LogP contribution is -2.44. The number of fused-ring (bicyclic) bond motifs is 2. The van der Waals surface area contributed by atoms with Gasteiger partial charge in [-0.05, 0) is 71.8 Å². The van der Waals surface area contributed by atoms with Crippen LogP contribution in [0, 0.1) is 0 Å². The number of carbonyl (C=O) groups is 2. The van der Waals surface area contributed by atoms with E-state index in [-0.39, 0.29) is 29.5 Å². The Labute approximate surface area is 368 Å². The van der Waals surface area contributed by atoms with Gasteiger partial charge in [0.2, 0.25) is 0 Å². The monoisotopic (exact) mass is 857 g/mol. The lowest BCUT2D eigenvalue weighted by Gasteiger charge is -2.31. The fourth-order valence-electron chi connectivity index (χ4n) is 8.68. The largest absolute Gasteiger partial charge is 0.497 e. The van der Waals surface area contributed by atoms with Crippen LogP contribution < -0.4 is 46.4 Å². The van der Waals surface area contributed by atoms with Crippen LogP contribution >= 0.6 is 0 Å². The molecule has 2 saturated heterocycles. The van der Waals surface area contributed by atoms with E-state index < -0.39 is 5.91 Å². The smallest absolute Gasteiger partial charge is 0.335 e. The minimum Gasteiger partial charge on any atom is -0.497 e. The Bertz CT molecular complexity index is 2940. The second-order valence-electron chi connectivity index (χ2n) is 15.9. The van der Waals surface area contributed by atoms with Gasteiger partial charge in [-0.15, -0.1) is 0 Å². The van der Waals surface area contributed by atoms with Gasteiger partial charge in [0, 0.05) is 71.6 Å². The van der Waals surface area contributed by atoms with Gasteiger partial charge in [-0.3, -0.25) is 24.1 Å². The van der Waals surface area contributed by atoms with Crippen molar-refractivity contribution in [1.29, 1.82) is 0 Å². The molecule has 10 rings (SSSR count). The Morgan fingerprint density at radius 2 is 1.31 bits per heavy atom. The number of aromatic nitrogens is 6. The van der Waals surface area contributed by atoms with Crippen LogP contribution in [0.1, 0.15) is 37.8 Å². The number of nitrogens with zero attached hydrogens (tertiary/aromatic N) is 9. The van der Waals surface area contributed by atoms with Crippen LogP contribution in [0.3, 0.4) is 0 Å². The van der Waals surface area contributed by atoms with Gasteiger partial charge >= 0.3 is 5.69 Å². The van der Waals surface area contributed by atoms with Crippen molar-refractivity contribution in [3.05, 3.63) is 148 Å². The van der Waals surface area contributed by atoms with Gasteiger partial charge in [-0.2, -0.15) is 0 Å². The number of nitrogens with one attached hydrogen (secondary N) is 4. The molecule has 17 heteroatoms. The first-order valence-corrected chi connectivity index (χ1v) is 21.4. The third-order valence-electron chi connectivity index (χ3n) is 11.9. The summed E-state index contributed by atoms with van der Waals surface area (Å²) in [5.74, 6) is 1.05. The summed E-state index contributed by atoms with van der Waals surface area (Å²) in [5, 5.41) is 12.9. The lowest BCUT2D eigenvalue weighted by molar-refractivity contribution is 0.101. The van der Waals surface area contributed by atoms with E-state index in [9.17, 15) is 14.4 Å². The van der Waals surface area contributed by atoms with E-state index in [4.69, 9.17) is 19.7 Å². The Morgan fingerprint density at radius 3 is 2.03 bits per heavy atom. The van der Waals surface area contributed by atoms with Crippen LogP contribution in [0.5, 0.6) is 5.75 Å². The first-order valence-electron chi connectivity index (χ1n) is 21.4. The summed E-state index contributed by atoms with van der Waals surface area (Å²) in [4.78, 5) is 67.2. The molecule has 0 atom stereocenters. The van der Waals surface area contributed by atoms with Crippen molar-refractivity contribution in [3.63, 3.8) is 0 Å². The molecule has 5 aromatic heterocycles. The van der Waals surface area contributed by atoms with Gasteiger partial charge in [0.15, 0.2) is 0 Å². The summed E-state index contributed by atoms with van der Waals surface area (Å²) in [6, 6.07) is 27.9. The van der Waals surface area contributed by atoms with Crippen LogP contribution in [0.15, 0.2) is 114 Å². The average Bonchev–Trinajstić information content (AvgIpc) is 3.90. The summed E-state index contributed by atoms with van der Waals surface area (Å²) < 4.78 is 8.60. The normalized spacial score (nSPS) is 15.0. The Morgan fingerprint density at radius 1 is 0.672 bits per heavy atom. The van der Waals surface area contributed by atoms with Crippen molar-refractivity contribution in [1.82, 2.24) is 39.7 Å². The average molecular weight is 858 g/mol. The molecule has 0 unspecified atom stereocenters. The molecule has 0 spiro atoms. The van der Waals surface area contributed by atoms with Gasteiger partial charge < -0.3 is 40.7 Å². The third kappa shape index (κ3) is 8.09. The molecule has 8 heterocycles. The summed E-state index contributed by atoms with van der Waals surface area (Å²) in [6.07, 6.45) is 5.01. The Kier molecular flexibility index (Phi) is 11.1. The summed E-state index contributed by atoms with van der Waals surface area (Å²) >= 11 is 0. The molecule has 64 heavy (non-hydrogen) atoms. The molecule has 2 fully saturated rings. The number of benzene rings is 2. The van der Waals surface area contributed by atoms with Crippen molar-refractivity contribution >= 4 is 51.4 Å². The van der Waals surface area contributed by atoms with Crippen molar-refractivity contribution in [2.24, 2.45) is 0 Å². The van der Waals surface area contributed by atoms with Gasteiger partial charge in [-0.1, -0.05) is 30.3 Å². The van der Waals surface area contributed by atoms with Crippen LogP contribution in [-0.2, 0) is 19.6 Å². The van der Waals surface area contributed by atoms with Crippen molar-refractivity contribution in [2.45, 2.75) is 19.6 Å². The quantitative estimate of drug-likeness (QED) is 0.145. The van der Waals surface area contributed by atoms with E-state index in [1.807, 2.05) is 60.7 Å². The zero-order valence-corrected chi connectivity index (χ0v) is 35.3. The first-order chi connectivity index (χ1) is 31.4. The number of anilines is 5. The van der Waals surface area contributed by atoms with Gasteiger partial charge in [0.1, 0.15) is 28.8 Å². The molecular formula is C47H47N13O4. The van der Waals surface area contributed by atoms with E-state index in [1.165, 1.54) is 15.7 Å². The fraction of sp³-hybridized carbons (Fsp3) is 0.255. The molecule has 0 bridgehead atoms. The summed E-state index contributed by atoms with van der Waals surface area (Å²) in [7, 11) is 1.66. The molecule has 3 aliphatic rings. The Hall–Kier alpha value is -7.63. The number of rotatable bonds is 11. The molecule has 324 valence electrons. The molecule has 2 aromatic carbocycles. The maximum Gasteiger partial charge on any atom is 0.335 e. The topological polar surface area (TPSA) is 180 Å². The molecule has 4 N–H and O–H groups in total. The summed E-state index contributed by atoms with van der Waals surface area (Å²) in [5.41, 5.74) is 7.21. The molecule has 7 aromatic rings. The second-order valence-corrected chi connectivity index (χ2v) is 15.9. The van der Waals surface area contributed by atoms with E-state index in [0.29, 0.717) is 65.9 Å². The number of hydrogen-bond donors (Lipinski definition) is 4. The number of piperazine rings is 2. The molecule has 0 saturated carbocycles. The highest BCUT2D eigenvalue weighted by molar-refractivity contribution is 6.05. The molecule has 3 aliphatic heterocycles. The highest BCUT2D eigenvalue weighted by Gasteiger charge is 2.25. The van der Waals surface area contributed by atoms with Crippen LogP contribution in [0.25, 0.3) is 16.9 Å². The first kappa shape index (κ1) is 40.4. The zero-order chi connectivity index (χ0) is 43.6. The van der Waals surface area contributed by atoms with E-state index in [1.54, 1.807) is 54.5 Å². The molecular weight excluding hydrogens is 811 g/mol. The van der Waals surface area contributed by atoms with Crippen LogP contribution in [-0.4, -0.2) is 100 Å². The standard InChI is InChI=1S/C47H47N13O4/c1-64-34-13-12-31-28-58(29-32(31)24-34)43-10-4-6-35(52-43)45(61)55-38-27-51-33(25-42(38)57-22-18-49-19-23-57)30-59-40-8-2-3-9-41(40)60(47(59)63)44-11-5-7-36(53-44)46(62)54-37-26-50-15-14-39(37)56-20-16-48-17-21-56/h2-15,24-27,48-49H,16-23,28-30H2,1H3,(H,54,62)(H,55,61). The maximum atomic E-state index is 14.5. The molecule has 17 nitrogen and oxygen atoms in total. The SMILES string of the molecule is COc1ccc2c(c1)CN(c1cccc(C(=O)Nc3cnc(Cn4c(=O)n(-c5cccc(C(=O)Nc6cnccc6N6CCNCC6)n5)c5ccccc54)cc3N3CCNCC3)n1)C2. The van der Waals surface area contributed by atoms with Crippen LogP contribution in [0.4, 0.5) is 28.6 Å². The lowest BCUT2D eigenvalue weighted by atomic mass is 10.1. The van der Waals surface area contributed by atoms with Gasteiger partial charge in [-0.25, -0.2) is 19.3 Å². The number of para-hydroxylation sites is 2. The number of hydrogen-bond acceptors (Lipinski definition) is 13. The van der Waals surface area contributed by atoms with E-state index in [2.05, 4.69) is 47.0 Å². The van der Waals surface area contributed by atoms with Crippen LogP contribution in [0.2, 0.25) is 0 Å².